The number of halogens is 1. The van der Waals surface area contributed by atoms with Gasteiger partial charge in [0.1, 0.15) is 5.82 Å². The average Bonchev–Trinajstić information content (AvgIpc) is 2.95. The highest BCUT2D eigenvalue weighted by molar-refractivity contribution is 6.03. The van der Waals surface area contributed by atoms with Crippen molar-refractivity contribution in [3.05, 3.63) is 58.9 Å². The Morgan fingerprint density at radius 2 is 1.88 bits per heavy atom. The maximum atomic E-state index is 13.8. The summed E-state index contributed by atoms with van der Waals surface area (Å²) in [4.78, 5) is 26.4. The second-order valence-electron chi connectivity index (χ2n) is 6.65. The van der Waals surface area contributed by atoms with Crippen molar-refractivity contribution in [3.63, 3.8) is 0 Å². The van der Waals surface area contributed by atoms with E-state index < -0.39 is 11.7 Å². The normalized spacial score (nSPS) is 17.0. The Bertz CT molecular complexity index is 848. The van der Waals surface area contributed by atoms with Gasteiger partial charge in [-0.15, -0.1) is 0 Å². The number of hydrogen-bond donors (Lipinski definition) is 1. The largest absolute Gasteiger partial charge is 0.323 e. The predicted octanol–water partition coefficient (Wildman–Crippen LogP) is 3.74. The number of hydrogen-bond acceptors (Lipinski definition) is 2. The minimum atomic E-state index is -0.492. The molecule has 1 aliphatic rings. The number of carbonyl (C=O) groups excluding carboxylic acids is 2. The van der Waals surface area contributed by atoms with Gasteiger partial charge in [-0.3, -0.25) is 9.59 Å². The zero-order chi connectivity index (χ0) is 18.1. The smallest absolute Gasteiger partial charge is 0.229 e. The van der Waals surface area contributed by atoms with Gasteiger partial charge in [-0.2, -0.15) is 0 Å². The van der Waals surface area contributed by atoms with E-state index in [1.165, 1.54) is 6.07 Å². The zero-order valence-electron chi connectivity index (χ0n) is 14.6. The molecule has 5 heteroatoms. The van der Waals surface area contributed by atoms with Crippen LogP contribution in [0, 0.1) is 32.5 Å². The summed E-state index contributed by atoms with van der Waals surface area (Å²) >= 11 is 0. The number of aryl methyl sites for hydroxylation is 3. The lowest BCUT2D eigenvalue weighted by Crippen LogP contribution is -2.28. The highest BCUT2D eigenvalue weighted by atomic mass is 19.1. The zero-order valence-corrected chi connectivity index (χ0v) is 14.6. The maximum Gasteiger partial charge on any atom is 0.229 e. The second kappa shape index (κ2) is 6.67. The Kier molecular flexibility index (Phi) is 4.57. The summed E-state index contributed by atoms with van der Waals surface area (Å²) in [5, 5.41) is 2.61. The van der Waals surface area contributed by atoms with E-state index in [9.17, 15) is 14.0 Å². The summed E-state index contributed by atoms with van der Waals surface area (Å²) in [5.41, 5.74) is 4.06. The van der Waals surface area contributed by atoms with Gasteiger partial charge in [-0.05, 0) is 61.7 Å². The van der Waals surface area contributed by atoms with E-state index in [0.29, 0.717) is 6.54 Å². The molecular formula is C20H21FN2O2. The van der Waals surface area contributed by atoms with Crippen LogP contribution in [-0.4, -0.2) is 18.4 Å². The van der Waals surface area contributed by atoms with E-state index in [1.54, 1.807) is 17.0 Å². The summed E-state index contributed by atoms with van der Waals surface area (Å²) in [7, 11) is 0. The van der Waals surface area contributed by atoms with Crippen LogP contribution in [0.5, 0.6) is 0 Å². The molecule has 0 saturated carbocycles. The molecule has 1 fully saturated rings. The fourth-order valence-corrected chi connectivity index (χ4v) is 3.00. The molecule has 25 heavy (non-hydrogen) atoms. The van der Waals surface area contributed by atoms with Crippen molar-refractivity contribution in [3.8, 4) is 0 Å². The van der Waals surface area contributed by atoms with Crippen molar-refractivity contribution >= 4 is 23.2 Å². The first-order valence-electron chi connectivity index (χ1n) is 8.30. The number of nitrogens with zero attached hydrogens (tertiary/aromatic N) is 1. The van der Waals surface area contributed by atoms with Crippen LogP contribution in [0.4, 0.5) is 15.8 Å². The fourth-order valence-electron chi connectivity index (χ4n) is 3.00. The molecule has 1 N–H and O–H groups in total. The van der Waals surface area contributed by atoms with Crippen LogP contribution < -0.4 is 10.2 Å². The summed E-state index contributed by atoms with van der Waals surface area (Å²) in [6.45, 7) is 6.14. The van der Waals surface area contributed by atoms with E-state index in [4.69, 9.17) is 0 Å². The maximum absolute atomic E-state index is 13.8. The first-order valence-corrected chi connectivity index (χ1v) is 8.30. The van der Waals surface area contributed by atoms with Gasteiger partial charge in [0.25, 0.3) is 0 Å². The Balaban J connectivity index is 1.74. The number of rotatable bonds is 3. The molecule has 3 rings (SSSR count). The monoisotopic (exact) mass is 340 g/mol. The molecule has 2 aromatic carbocycles. The van der Waals surface area contributed by atoms with E-state index in [1.807, 2.05) is 39.0 Å². The molecule has 130 valence electrons. The third kappa shape index (κ3) is 3.55. The van der Waals surface area contributed by atoms with Crippen LogP contribution in [0.25, 0.3) is 0 Å². The minimum absolute atomic E-state index is 0.0897. The van der Waals surface area contributed by atoms with Crippen LogP contribution >= 0.6 is 0 Å². The quantitative estimate of drug-likeness (QED) is 0.925. The van der Waals surface area contributed by atoms with E-state index in [2.05, 4.69) is 5.32 Å². The van der Waals surface area contributed by atoms with Gasteiger partial charge < -0.3 is 10.2 Å². The van der Waals surface area contributed by atoms with Crippen molar-refractivity contribution in [1.29, 1.82) is 0 Å². The van der Waals surface area contributed by atoms with Crippen molar-refractivity contribution in [1.82, 2.24) is 0 Å². The molecule has 1 saturated heterocycles. The van der Waals surface area contributed by atoms with Gasteiger partial charge in [0.15, 0.2) is 0 Å². The lowest BCUT2D eigenvalue weighted by molar-refractivity contribution is -0.122. The summed E-state index contributed by atoms with van der Waals surface area (Å²) in [5.74, 6) is -1.39. The van der Waals surface area contributed by atoms with E-state index in [-0.39, 0.29) is 23.9 Å². The van der Waals surface area contributed by atoms with Gasteiger partial charge >= 0.3 is 0 Å². The SMILES string of the molecule is Cc1ccc(F)c(NC(=O)[C@@H]2CC(=O)N(c3ccc(C)c(C)c3)C2)c1. The second-order valence-corrected chi connectivity index (χ2v) is 6.65. The van der Waals surface area contributed by atoms with Crippen LogP contribution in [0.3, 0.4) is 0 Å². The number of benzene rings is 2. The van der Waals surface area contributed by atoms with Crippen LogP contribution in [0.2, 0.25) is 0 Å². The van der Waals surface area contributed by atoms with Crippen LogP contribution in [-0.2, 0) is 9.59 Å². The van der Waals surface area contributed by atoms with Crippen LogP contribution in [0.15, 0.2) is 36.4 Å². The Morgan fingerprint density at radius 3 is 2.60 bits per heavy atom. The first kappa shape index (κ1) is 17.1. The van der Waals surface area contributed by atoms with Crippen molar-refractivity contribution in [2.75, 3.05) is 16.8 Å². The molecule has 4 nitrogen and oxygen atoms in total. The third-order valence-corrected chi connectivity index (χ3v) is 4.68. The molecule has 1 atom stereocenters. The lowest BCUT2D eigenvalue weighted by Gasteiger charge is -2.18. The molecule has 0 radical (unpaired) electrons. The summed E-state index contributed by atoms with van der Waals surface area (Å²) in [6.07, 6.45) is 0.131. The van der Waals surface area contributed by atoms with Gasteiger partial charge in [0.05, 0.1) is 11.6 Å². The van der Waals surface area contributed by atoms with Crippen molar-refractivity contribution < 1.29 is 14.0 Å². The molecule has 0 unspecified atom stereocenters. The third-order valence-electron chi connectivity index (χ3n) is 4.68. The van der Waals surface area contributed by atoms with E-state index >= 15 is 0 Å². The molecule has 2 aromatic rings. The van der Waals surface area contributed by atoms with Crippen molar-refractivity contribution in [2.24, 2.45) is 5.92 Å². The minimum Gasteiger partial charge on any atom is -0.323 e. The summed E-state index contributed by atoms with van der Waals surface area (Å²) in [6, 6.07) is 10.4. The Hall–Kier alpha value is -2.69. The number of nitrogens with one attached hydrogen (secondary N) is 1. The molecule has 1 aliphatic heterocycles. The molecule has 0 aromatic heterocycles. The fraction of sp³-hybridized carbons (Fsp3) is 0.300. The topological polar surface area (TPSA) is 49.4 Å². The molecule has 0 aliphatic carbocycles. The molecule has 0 spiro atoms. The highest BCUT2D eigenvalue weighted by Crippen LogP contribution is 2.28. The first-order chi connectivity index (χ1) is 11.8. The number of amides is 2. The Morgan fingerprint density at radius 1 is 1.12 bits per heavy atom. The van der Waals surface area contributed by atoms with E-state index in [0.717, 1.165) is 22.4 Å². The van der Waals surface area contributed by atoms with Crippen molar-refractivity contribution in [2.45, 2.75) is 27.2 Å². The number of carbonyl (C=O) groups is 2. The standard InChI is InChI=1S/C20H21FN2O2/c1-12-4-7-17(21)18(8-12)22-20(25)15-10-19(24)23(11-15)16-6-5-13(2)14(3)9-16/h4-9,15H,10-11H2,1-3H3,(H,22,25)/t15-/m1/s1. The summed E-state index contributed by atoms with van der Waals surface area (Å²) < 4.78 is 13.8. The molecule has 1 heterocycles. The highest BCUT2D eigenvalue weighted by Gasteiger charge is 2.35. The van der Waals surface area contributed by atoms with Gasteiger partial charge in [0.2, 0.25) is 11.8 Å². The van der Waals surface area contributed by atoms with Gasteiger partial charge in [-0.1, -0.05) is 12.1 Å². The molecular weight excluding hydrogens is 319 g/mol. The average molecular weight is 340 g/mol. The van der Waals surface area contributed by atoms with Gasteiger partial charge in [0, 0.05) is 18.7 Å². The Labute approximate surface area is 146 Å². The lowest BCUT2D eigenvalue weighted by atomic mass is 10.1. The molecule has 0 bridgehead atoms. The molecule has 2 amide bonds. The predicted molar refractivity (Wildman–Crippen MR) is 96.1 cm³/mol. The van der Waals surface area contributed by atoms with Gasteiger partial charge in [-0.25, -0.2) is 4.39 Å². The van der Waals surface area contributed by atoms with Crippen LogP contribution in [0.1, 0.15) is 23.1 Å². The number of anilines is 2.